The summed E-state index contributed by atoms with van der Waals surface area (Å²) in [6.45, 7) is -0.500. The van der Waals surface area contributed by atoms with E-state index in [1.165, 1.54) is 25.7 Å². The van der Waals surface area contributed by atoms with Crippen molar-refractivity contribution >= 4 is 12.9 Å². The maximum Gasteiger partial charge on any atom is 0.290 e. The van der Waals surface area contributed by atoms with Gasteiger partial charge in [0, 0.05) is 0 Å². The van der Waals surface area contributed by atoms with Crippen LogP contribution in [0.15, 0.2) is 0 Å². The van der Waals surface area contributed by atoms with Gasteiger partial charge in [0.25, 0.3) is 12.9 Å². The molecule has 0 radical (unpaired) electrons. The molecule has 1 aliphatic rings. The van der Waals surface area contributed by atoms with E-state index in [1.54, 1.807) is 0 Å². The van der Waals surface area contributed by atoms with E-state index >= 15 is 0 Å². The lowest BCUT2D eigenvalue weighted by molar-refractivity contribution is -0.123. The maximum atomic E-state index is 8.36. The van der Waals surface area contributed by atoms with Crippen LogP contribution in [0.4, 0.5) is 0 Å². The van der Waals surface area contributed by atoms with Gasteiger partial charge in [0.2, 0.25) is 0 Å². The van der Waals surface area contributed by atoms with Gasteiger partial charge in [0.1, 0.15) is 0 Å². The molecule has 0 aromatic rings. The second-order valence-corrected chi connectivity index (χ2v) is 1.63. The number of carboxylic acid groups (broad SMARTS) is 2. The summed E-state index contributed by atoms with van der Waals surface area (Å²) < 4.78 is 0. The Bertz CT molecular complexity index is 59.4. The Hall–Kier alpha value is -1.10. The molecule has 11 heavy (non-hydrogen) atoms. The van der Waals surface area contributed by atoms with Crippen molar-refractivity contribution in [3.8, 4) is 0 Å². The van der Waals surface area contributed by atoms with E-state index < -0.39 is 0 Å². The van der Waals surface area contributed by atoms with E-state index in [-0.39, 0.29) is 18.4 Å². The van der Waals surface area contributed by atoms with Crippen LogP contribution in [0.2, 0.25) is 0 Å². The standard InChI is InChI=1S/C4H8.2CH2O2.H2O/c1-2-4-3-1;2*2-1-3;/h1-4H2;2*1H,(H,2,3);1H2. The third-order valence-corrected chi connectivity index (χ3v) is 1.000. The third kappa shape index (κ3) is 50.4. The lowest BCUT2D eigenvalue weighted by atomic mass is 10.0. The normalized spacial score (nSPS) is 10.9. The van der Waals surface area contributed by atoms with Gasteiger partial charge in [-0.2, -0.15) is 0 Å². The average molecular weight is 166 g/mol. The zero-order valence-electron chi connectivity index (χ0n) is 6.19. The zero-order valence-corrected chi connectivity index (χ0v) is 6.19. The molecule has 1 rings (SSSR count). The van der Waals surface area contributed by atoms with Crippen molar-refractivity contribution in [3.05, 3.63) is 0 Å². The van der Waals surface area contributed by atoms with Gasteiger partial charge in [0.15, 0.2) is 0 Å². The molecule has 0 aliphatic heterocycles. The highest BCUT2D eigenvalue weighted by molar-refractivity contribution is 5.32. The van der Waals surface area contributed by atoms with Crippen LogP contribution >= 0.6 is 0 Å². The van der Waals surface area contributed by atoms with Crippen molar-refractivity contribution in [1.29, 1.82) is 0 Å². The second kappa shape index (κ2) is 23.1. The van der Waals surface area contributed by atoms with E-state index in [2.05, 4.69) is 0 Å². The molecular formula is C6H14O5. The molecule has 0 bridgehead atoms. The topological polar surface area (TPSA) is 106 Å². The summed E-state index contributed by atoms with van der Waals surface area (Å²) in [6, 6.07) is 0. The highest BCUT2D eigenvalue weighted by Gasteiger charge is 1.95. The fourth-order valence-electron chi connectivity index (χ4n) is 0.250. The summed E-state index contributed by atoms with van der Waals surface area (Å²) in [4.78, 5) is 16.7. The third-order valence-electron chi connectivity index (χ3n) is 1.000. The van der Waals surface area contributed by atoms with Gasteiger partial charge in [-0.05, 0) is 0 Å². The molecular weight excluding hydrogens is 152 g/mol. The molecule has 68 valence electrons. The number of hydrogen-bond acceptors (Lipinski definition) is 2. The number of rotatable bonds is 0. The van der Waals surface area contributed by atoms with Crippen LogP contribution in [-0.2, 0) is 9.59 Å². The summed E-state index contributed by atoms with van der Waals surface area (Å²) in [7, 11) is 0. The Morgan fingerprint density at radius 3 is 0.909 bits per heavy atom. The van der Waals surface area contributed by atoms with Gasteiger partial charge in [0.05, 0.1) is 0 Å². The first kappa shape index (κ1) is 16.5. The summed E-state index contributed by atoms with van der Waals surface area (Å²) in [5, 5.41) is 13.8. The molecule has 4 N–H and O–H groups in total. The first-order chi connectivity index (χ1) is 4.83. The van der Waals surface area contributed by atoms with Crippen LogP contribution in [0.3, 0.4) is 0 Å². The molecule has 0 spiro atoms. The van der Waals surface area contributed by atoms with Crippen molar-refractivity contribution in [2.75, 3.05) is 0 Å². The van der Waals surface area contributed by atoms with E-state index in [1.807, 2.05) is 0 Å². The SMILES string of the molecule is C1CCC1.O.O=CO.O=CO. The van der Waals surface area contributed by atoms with Crippen LogP contribution in [0, 0.1) is 0 Å². The van der Waals surface area contributed by atoms with E-state index in [0.29, 0.717) is 0 Å². The zero-order chi connectivity index (χ0) is 8.24. The van der Waals surface area contributed by atoms with Crippen molar-refractivity contribution in [1.82, 2.24) is 0 Å². The maximum absolute atomic E-state index is 8.36. The fraction of sp³-hybridized carbons (Fsp3) is 0.667. The Labute approximate surface area is 65.0 Å². The minimum absolute atomic E-state index is 0. The first-order valence-corrected chi connectivity index (χ1v) is 2.99. The summed E-state index contributed by atoms with van der Waals surface area (Å²) in [6.07, 6.45) is 6.00. The monoisotopic (exact) mass is 166 g/mol. The minimum Gasteiger partial charge on any atom is -0.483 e. The van der Waals surface area contributed by atoms with Crippen molar-refractivity contribution in [2.24, 2.45) is 0 Å². The predicted molar refractivity (Wildman–Crippen MR) is 39.5 cm³/mol. The van der Waals surface area contributed by atoms with Gasteiger partial charge >= 0.3 is 0 Å². The number of hydrogen-bond donors (Lipinski definition) is 2. The van der Waals surface area contributed by atoms with Gasteiger partial charge in [-0.25, -0.2) is 0 Å². The summed E-state index contributed by atoms with van der Waals surface area (Å²) in [5.41, 5.74) is 0. The average Bonchev–Trinajstić information content (AvgIpc) is 1.62. The lowest BCUT2D eigenvalue weighted by Crippen LogP contribution is -1.85. The molecule has 0 amide bonds. The van der Waals surface area contributed by atoms with Crippen molar-refractivity contribution in [3.63, 3.8) is 0 Å². The largest absolute Gasteiger partial charge is 0.483 e. The fourth-order valence-corrected chi connectivity index (χ4v) is 0.250. The molecule has 1 saturated carbocycles. The number of carbonyl (C=O) groups is 2. The first-order valence-electron chi connectivity index (χ1n) is 2.99. The summed E-state index contributed by atoms with van der Waals surface area (Å²) >= 11 is 0. The molecule has 5 nitrogen and oxygen atoms in total. The van der Waals surface area contributed by atoms with E-state index in [4.69, 9.17) is 19.8 Å². The molecule has 0 unspecified atom stereocenters. The highest BCUT2D eigenvalue weighted by atomic mass is 16.3. The molecule has 0 heterocycles. The predicted octanol–water partition coefficient (Wildman–Crippen LogP) is 0.137. The highest BCUT2D eigenvalue weighted by Crippen LogP contribution is 2.15. The molecule has 5 heteroatoms. The van der Waals surface area contributed by atoms with E-state index in [9.17, 15) is 0 Å². The van der Waals surface area contributed by atoms with Gasteiger partial charge in [-0.3, -0.25) is 9.59 Å². The van der Waals surface area contributed by atoms with E-state index in [0.717, 1.165) is 0 Å². The molecule has 1 fully saturated rings. The Kier molecular flexibility index (Phi) is 34.6. The van der Waals surface area contributed by atoms with Gasteiger partial charge in [-0.15, -0.1) is 0 Å². The summed E-state index contributed by atoms with van der Waals surface area (Å²) in [5.74, 6) is 0. The molecule has 0 saturated heterocycles. The molecule has 0 aromatic carbocycles. The Morgan fingerprint density at radius 2 is 0.909 bits per heavy atom. The lowest BCUT2D eigenvalue weighted by Gasteiger charge is -2.05. The van der Waals surface area contributed by atoms with Crippen LogP contribution in [-0.4, -0.2) is 28.6 Å². The van der Waals surface area contributed by atoms with Crippen LogP contribution in [0.5, 0.6) is 0 Å². The minimum atomic E-state index is -0.250. The van der Waals surface area contributed by atoms with Crippen molar-refractivity contribution < 1.29 is 25.3 Å². The second-order valence-electron chi connectivity index (χ2n) is 1.63. The van der Waals surface area contributed by atoms with Crippen LogP contribution in [0.25, 0.3) is 0 Å². The Balaban J connectivity index is -0.0000000857. The molecule has 1 aliphatic carbocycles. The Morgan fingerprint density at radius 1 is 0.818 bits per heavy atom. The quantitative estimate of drug-likeness (QED) is 0.499. The molecule has 0 aromatic heterocycles. The van der Waals surface area contributed by atoms with Gasteiger partial charge in [-0.1, -0.05) is 25.7 Å². The van der Waals surface area contributed by atoms with Crippen molar-refractivity contribution in [2.45, 2.75) is 25.7 Å². The van der Waals surface area contributed by atoms with Crippen LogP contribution < -0.4 is 0 Å². The molecule has 0 atom stereocenters. The smallest absolute Gasteiger partial charge is 0.290 e. The van der Waals surface area contributed by atoms with Crippen LogP contribution in [0.1, 0.15) is 25.7 Å². The van der Waals surface area contributed by atoms with Gasteiger partial charge < -0.3 is 15.7 Å².